The van der Waals surface area contributed by atoms with Crippen molar-refractivity contribution in [1.82, 2.24) is 15.1 Å². The number of halogens is 1. The number of aromatic nitrogens is 2. The summed E-state index contributed by atoms with van der Waals surface area (Å²) in [5, 5.41) is 8.93. The highest BCUT2D eigenvalue weighted by molar-refractivity contribution is 6.30. The van der Waals surface area contributed by atoms with Gasteiger partial charge in [-0.05, 0) is 37.1 Å². The Morgan fingerprint density at radius 3 is 2.80 bits per heavy atom. The van der Waals surface area contributed by atoms with E-state index in [2.05, 4.69) is 36.5 Å². The second-order valence-electron chi connectivity index (χ2n) is 5.00. The molecule has 2 aromatic rings. The maximum Gasteiger partial charge on any atom is 0.0673 e. The molecule has 0 fully saturated rings. The number of aryl methyl sites for hydroxylation is 2. The van der Waals surface area contributed by atoms with Gasteiger partial charge in [0.05, 0.1) is 11.7 Å². The van der Waals surface area contributed by atoms with Gasteiger partial charge >= 0.3 is 0 Å². The molecule has 1 aromatic heterocycles. The lowest BCUT2D eigenvalue weighted by atomic mass is 9.98. The number of hydrogen-bond acceptors (Lipinski definition) is 2. The fourth-order valence-corrected chi connectivity index (χ4v) is 2.65. The lowest BCUT2D eigenvalue weighted by Gasteiger charge is -2.19. The van der Waals surface area contributed by atoms with Crippen LogP contribution in [-0.4, -0.2) is 16.3 Å². The van der Waals surface area contributed by atoms with Gasteiger partial charge in [0.2, 0.25) is 0 Å². The SMILES string of the molecule is CCCNC(c1cccc(Cl)c1)c1cn(C)nc1CC. The van der Waals surface area contributed by atoms with Gasteiger partial charge in [-0.25, -0.2) is 0 Å². The molecule has 4 heteroatoms. The highest BCUT2D eigenvalue weighted by atomic mass is 35.5. The van der Waals surface area contributed by atoms with Gasteiger partial charge in [0.25, 0.3) is 0 Å². The number of nitrogens with one attached hydrogen (secondary N) is 1. The predicted octanol–water partition coefficient (Wildman–Crippen LogP) is 3.72. The molecular weight excluding hydrogens is 270 g/mol. The quantitative estimate of drug-likeness (QED) is 0.879. The Morgan fingerprint density at radius 1 is 1.35 bits per heavy atom. The Hall–Kier alpha value is -1.32. The molecule has 0 bridgehead atoms. The molecule has 0 saturated heterocycles. The van der Waals surface area contributed by atoms with Crippen molar-refractivity contribution in [2.75, 3.05) is 6.54 Å². The summed E-state index contributed by atoms with van der Waals surface area (Å²) in [5.74, 6) is 0. The summed E-state index contributed by atoms with van der Waals surface area (Å²) in [6.45, 7) is 5.28. The molecule has 0 radical (unpaired) electrons. The predicted molar refractivity (Wildman–Crippen MR) is 84.2 cm³/mol. The van der Waals surface area contributed by atoms with Crippen molar-refractivity contribution < 1.29 is 0 Å². The highest BCUT2D eigenvalue weighted by Crippen LogP contribution is 2.26. The average Bonchev–Trinajstić information content (AvgIpc) is 2.80. The van der Waals surface area contributed by atoms with Crippen LogP contribution in [-0.2, 0) is 13.5 Å². The summed E-state index contributed by atoms with van der Waals surface area (Å²) in [6.07, 6.45) is 4.13. The van der Waals surface area contributed by atoms with Crippen molar-refractivity contribution >= 4 is 11.6 Å². The van der Waals surface area contributed by atoms with Crippen LogP contribution in [0.2, 0.25) is 5.02 Å². The summed E-state index contributed by atoms with van der Waals surface area (Å²) < 4.78 is 1.89. The molecular formula is C16H22ClN3. The molecule has 1 aromatic carbocycles. The Labute approximate surface area is 126 Å². The van der Waals surface area contributed by atoms with Crippen molar-refractivity contribution in [3.05, 3.63) is 52.3 Å². The van der Waals surface area contributed by atoms with Crippen LogP contribution in [0, 0.1) is 0 Å². The van der Waals surface area contributed by atoms with E-state index in [0.29, 0.717) is 0 Å². The average molecular weight is 292 g/mol. The normalized spacial score (nSPS) is 12.6. The Bertz CT molecular complexity index is 563. The molecule has 0 amide bonds. The first-order valence-electron chi connectivity index (χ1n) is 7.17. The molecule has 0 aliphatic carbocycles. The van der Waals surface area contributed by atoms with Gasteiger partial charge in [-0.1, -0.05) is 37.6 Å². The third-order valence-electron chi connectivity index (χ3n) is 3.36. The molecule has 1 atom stereocenters. The zero-order valence-electron chi connectivity index (χ0n) is 12.4. The molecule has 20 heavy (non-hydrogen) atoms. The van der Waals surface area contributed by atoms with Crippen LogP contribution in [0.1, 0.15) is 43.1 Å². The smallest absolute Gasteiger partial charge is 0.0673 e. The maximum atomic E-state index is 6.14. The standard InChI is InChI=1S/C16H22ClN3/c1-4-9-18-16(12-7-6-8-13(17)10-12)14-11-20(3)19-15(14)5-2/h6-8,10-11,16,18H,4-5,9H2,1-3H3. The van der Waals surface area contributed by atoms with E-state index in [9.17, 15) is 0 Å². The van der Waals surface area contributed by atoms with Gasteiger partial charge in [-0.3, -0.25) is 4.68 Å². The van der Waals surface area contributed by atoms with Gasteiger partial charge in [-0.15, -0.1) is 0 Å². The highest BCUT2D eigenvalue weighted by Gasteiger charge is 2.19. The molecule has 0 aliphatic heterocycles. The molecule has 2 rings (SSSR count). The molecule has 1 heterocycles. The van der Waals surface area contributed by atoms with Crippen molar-refractivity contribution in [3.8, 4) is 0 Å². The van der Waals surface area contributed by atoms with E-state index >= 15 is 0 Å². The van der Waals surface area contributed by atoms with Gasteiger partial charge in [-0.2, -0.15) is 5.10 Å². The molecule has 3 nitrogen and oxygen atoms in total. The first kappa shape index (κ1) is 15.1. The molecule has 108 valence electrons. The van der Waals surface area contributed by atoms with Crippen LogP contribution in [0.3, 0.4) is 0 Å². The second kappa shape index (κ2) is 6.91. The zero-order chi connectivity index (χ0) is 14.5. The van der Waals surface area contributed by atoms with E-state index in [1.165, 1.54) is 11.1 Å². The maximum absolute atomic E-state index is 6.14. The van der Waals surface area contributed by atoms with Crippen molar-refractivity contribution in [3.63, 3.8) is 0 Å². The van der Waals surface area contributed by atoms with E-state index in [0.717, 1.165) is 30.1 Å². The van der Waals surface area contributed by atoms with Crippen LogP contribution in [0.25, 0.3) is 0 Å². The van der Waals surface area contributed by atoms with Crippen molar-refractivity contribution in [1.29, 1.82) is 0 Å². The minimum Gasteiger partial charge on any atom is -0.306 e. The molecule has 0 aliphatic rings. The van der Waals surface area contributed by atoms with Crippen LogP contribution in [0.15, 0.2) is 30.5 Å². The van der Waals surface area contributed by atoms with E-state index in [1.807, 2.05) is 29.9 Å². The molecule has 0 spiro atoms. The topological polar surface area (TPSA) is 29.9 Å². The van der Waals surface area contributed by atoms with Gasteiger partial charge in [0.15, 0.2) is 0 Å². The Kier molecular flexibility index (Phi) is 5.21. The van der Waals surface area contributed by atoms with E-state index < -0.39 is 0 Å². The van der Waals surface area contributed by atoms with Crippen molar-refractivity contribution in [2.24, 2.45) is 7.05 Å². The van der Waals surface area contributed by atoms with Crippen LogP contribution < -0.4 is 5.32 Å². The monoisotopic (exact) mass is 291 g/mol. The van der Waals surface area contributed by atoms with E-state index in [1.54, 1.807) is 0 Å². The second-order valence-corrected chi connectivity index (χ2v) is 5.44. The fourth-order valence-electron chi connectivity index (χ4n) is 2.45. The number of rotatable bonds is 6. The van der Waals surface area contributed by atoms with E-state index in [4.69, 9.17) is 11.6 Å². The van der Waals surface area contributed by atoms with Crippen LogP contribution >= 0.6 is 11.6 Å². The first-order valence-corrected chi connectivity index (χ1v) is 7.54. The summed E-state index contributed by atoms with van der Waals surface area (Å²) >= 11 is 6.14. The lowest BCUT2D eigenvalue weighted by molar-refractivity contribution is 0.594. The number of nitrogens with zero attached hydrogens (tertiary/aromatic N) is 2. The summed E-state index contributed by atoms with van der Waals surface area (Å²) in [7, 11) is 1.97. The Balaban J connectivity index is 2.41. The fraction of sp³-hybridized carbons (Fsp3) is 0.438. The van der Waals surface area contributed by atoms with E-state index in [-0.39, 0.29) is 6.04 Å². The minimum absolute atomic E-state index is 0.150. The first-order chi connectivity index (χ1) is 9.65. The summed E-state index contributed by atoms with van der Waals surface area (Å²) in [4.78, 5) is 0. The van der Waals surface area contributed by atoms with Gasteiger partial charge < -0.3 is 5.32 Å². The number of hydrogen-bond donors (Lipinski definition) is 1. The van der Waals surface area contributed by atoms with Crippen LogP contribution in [0.4, 0.5) is 0 Å². The molecule has 1 N–H and O–H groups in total. The summed E-state index contributed by atoms with van der Waals surface area (Å²) in [6, 6.07) is 8.21. The Morgan fingerprint density at radius 2 is 2.15 bits per heavy atom. The van der Waals surface area contributed by atoms with Crippen LogP contribution in [0.5, 0.6) is 0 Å². The minimum atomic E-state index is 0.150. The van der Waals surface area contributed by atoms with Crippen molar-refractivity contribution in [2.45, 2.75) is 32.7 Å². The van der Waals surface area contributed by atoms with Gasteiger partial charge in [0.1, 0.15) is 0 Å². The summed E-state index contributed by atoms with van der Waals surface area (Å²) in [5.41, 5.74) is 3.57. The lowest BCUT2D eigenvalue weighted by Crippen LogP contribution is -2.23. The third kappa shape index (κ3) is 3.41. The number of benzene rings is 1. The third-order valence-corrected chi connectivity index (χ3v) is 3.60. The zero-order valence-corrected chi connectivity index (χ0v) is 13.1. The molecule has 1 unspecified atom stereocenters. The largest absolute Gasteiger partial charge is 0.306 e. The molecule has 0 saturated carbocycles. The van der Waals surface area contributed by atoms with Gasteiger partial charge in [0, 0.05) is 23.8 Å².